The summed E-state index contributed by atoms with van der Waals surface area (Å²) in [7, 11) is 3.91. The SMILES string of the molecule is CC[C@H](C)[C@H](NC(=O)c1cccc(CN(C)C)c1)C(=O)O. The van der Waals surface area contributed by atoms with E-state index in [1.54, 1.807) is 12.1 Å². The molecule has 21 heavy (non-hydrogen) atoms. The second-order valence-electron chi connectivity index (χ2n) is 5.61. The Morgan fingerprint density at radius 3 is 2.52 bits per heavy atom. The molecule has 0 spiro atoms. The monoisotopic (exact) mass is 292 g/mol. The van der Waals surface area contributed by atoms with E-state index in [1.165, 1.54) is 0 Å². The van der Waals surface area contributed by atoms with Crippen molar-refractivity contribution < 1.29 is 14.7 Å². The molecule has 1 aromatic rings. The van der Waals surface area contributed by atoms with Crippen LogP contribution in [0.2, 0.25) is 0 Å². The smallest absolute Gasteiger partial charge is 0.326 e. The quantitative estimate of drug-likeness (QED) is 0.806. The number of rotatable bonds is 7. The van der Waals surface area contributed by atoms with Crippen LogP contribution < -0.4 is 5.32 Å². The third kappa shape index (κ3) is 5.19. The molecule has 5 nitrogen and oxygen atoms in total. The van der Waals surface area contributed by atoms with Crippen molar-refractivity contribution in [1.29, 1.82) is 0 Å². The molecule has 0 fully saturated rings. The van der Waals surface area contributed by atoms with Crippen LogP contribution in [0.4, 0.5) is 0 Å². The third-order valence-electron chi connectivity index (χ3n) is 3.45. The maximum atomic E-state index is 12.2. The summed E-state index contributed by atoms with van der Waals surface area (Å²) < 4.78 is 0. The number of aliphatic carboxylic acids is 1. The van der Waals surface area contributed by atoms with E-state index < -0.39 is 12.0 Å². The van der Waals surface area contributed by atoms with Gasteiger partial charge in [-0.1, -0.05) is 32.4 Å². The van der Waals surface area contributed by atoms with Gasteiger partial charge in [-0.05, 0) is 37.7 Å². The van der Waals surface area contributed by atoms with Crippen LogP contribution in [0.5, 0.6) is 0 Å². The number of nitrogens with one attached hydrogen (secondary N) is 1. The molecule has 0 saturated carbocycles. The highest BCUT2D eigenvalue weighted by atomic mass is 16.4. The van der Waals surface area contributed by atoms with Crippen molar-refractivity contribution in [3.63, 3.8) is 0 Å². The average Bonchev–Trinajstić information content (AvgIpc) is 2.42. The fourth-order valence-corrected chi connectivity index (χ4v) is 2.08. The predicted octanol–water partition coefficient (Wildman–Crippen LogP) is 1.98. The number of carboxylic acid groups (broad SMARTS) is 1. The zero-order chi connectivity index (χ0) is 16.0. The Labute approximate surface area is 126 Å². The van der Waals surface area contributed by atoms with Gasteiger partial charge in [0.1, 0.15) is 6.04 Å². The summed E-state index contributed by atoms with van der Waals surface area (Å²) in [6, 6.07) is 6.39. The summed E-state index contributed by atoms with van der Waals surface area (Å²) in [6.07, 6.45) is 0.692. The van der Waals surface area contributed by atoms with E-state index in [-0.39, 0.29) is 11.8 Å². The summed E-state index contributed by atoms with van der Waals surface area (Å²) in [5.74, 6) is -1.46. The summed E-state index contributed by atoms with van der Waals surface area (Å²) >= 11 is 0. The van der Waals surface area contributed by atoms with Crippen LogP contribution in [-0.4, -0.2) is 42.0 Å². The van der Waals surface area contributed by atoms with Crippen LogP contribution in [0.25, 0.3) is 0 Å². The molecule has 1 aromatic carbocycles. The van der Waals surface area contributed by atoms with E-state index in [1.807, 2.05) is 45.0 Å². The Bertz CT molecular complexity index is 500. The van der Waals surface area contributed by atoms with Gasteiger partial charge >= 0.3 is 5.97 Å². The largest absolute Gasteiger partial charge is 0.480 e. The summed E-state index contributed by atoms with van der Waals surface area (Å²) in [5.41, 5.74) is 1.51. The molecule has 2 N–H and O–H groups in total. The number of carbonyl (C=O) groups excluding carboxylic acids is 1. The number of nitrogens with zero attached hydrogens (tertiary/aromatic N) is 1. The molecule has 2 atom stereocenters. The minimum absolute atomic E-state index is 0.114. The molecule has 0 saturated heterocycles. The van der Waals surface area contributed by atoms with Crippen LogP contribution in [-0.2, 0) is 11.3 Å². The second kappa shape index (κ2) is 7.78. The standard InChI is InChI=1S/C16H24N2O3/c1-5-11(2)14(16(20)21)17-15(19)13-8-6-7-12(9-13)10-18(3)4/h6-9,11,14H,5,10H2,1-4H3,(H,17,19)(H,20,21)/t11-,14-/m0/s1. The van der Waals surface area contributed by atoms with E-state index in [2.05, 4.69) is 5.32 Å². The van der Waals surface area contributed by atoms with Gasteiger partial charge in [-0.3, -0.25) is 4.79 Å². The molecule has 1 rings (SSSR count). The Morgan fingerprint density at radius 1 is 1.33 bits per heavy atom. The zero-order valence-electron chi connectivity index (χ0n) is 13.1. The molecule has 116 valence electrons. The first-order chi connectivity index (χ1) is 9.85. The highest BCUT2D eigenvalue weighted by molar-refractivity contribution is 5.96. The zero-order valence-corrected chi connectivity index (χ0v) is 13.1. The van der Waals surface area contributed by atoms with E-state index in [0.29, 0.717) is 12.0 Å². The summed E-state index contributed by atoms with van der Waals surface area (Å²) in [4.78, 5) is 25.5. The van der Waals surface area contributed by atoms with Gasteiger partial charge in [0.05, 0.1) is 0 Å². The van der Waals surface area contributed by atoms with Crippen molar-refractivity contribution in [2.24, 2.45) is 5.92 Å². The highest BCUT2D eigenvalue weighted by Crippen LogP contribution is 2.11. The maximum Gasteiger partial charge on any atom is 0.326 e. The molecule has 0 aliphatic heterocycles. The molecule has 0 aliphatic carbocycles. The van der Waals surface area contributed by atoms with E-state index >= 15 is 0 Å². The lowest BCUT2D eigenvalue weighted by atomic mass is 9.98. The van der Waals surface area contributed by atoms with Gasteiger partial charge in [0.25, 0.3) is 5.91 Å². The van der Waals surface area contributed by atoms with Crippen LogP contribution >= 0.6 is 0 Å². The fraction of sp³-hybridized carbons (Fsp3) is 0.500. The third-order valence-corrected chi connectivity index (χ3v) is 3.45. The number of amides is 1. The Kier molecular flexibility index (Phi) is 6.37. The van der Waals surface area contributed by atoms with Crippen molar-refractivity contribution in [2.75, 3.05) is 14.1 Å². The van der Waals surface area contributed by atoms with E-state index in [0.717, 1.165) is 12.1 Å². The molecule has 0 unspecified atom stereocenters. The number of carbonyl (C=O) groups is 2. The molecular formula is C16H24N2O3. The van der Waals surface area contributed by atoms with Gasteiger partial charge in [-0.2, -0.15) is 0 Å². The minimum atomic E-state index is -0.998. The average molecular weight is 292 g/mol. The van der Waals surface area contributed by atoms with Crippen LogP contribution in [0, 0.1) is 5.92 Å². The second-order valence-corrected chi connectivity index (χ2v) is 5.61. The molecule has 0 aromatic heterocycles. The molecule has 0 bridgehead atoms. The molecule has 5 heteroatoms. The van der Waals surface area contributed by atoms with Crippen molar-refractivity contribution in [1.82, 2.24) is 10.2 Å². The van der Waals surface area contributed by atoms with E-state index in [9.17, 15) is 14.7 Å². The predicted molar refractivity (Wildman–Crippen MR) is 82.2 cm³/mol. The Morgan fingerprint density at radius 2 is 2.00 bits per heavy atom. The van der Waals surface area contributed by atoms with Gasteiger partial charge in [0, 0.05) is 12.1 Å². The lowest BCUT2D eigenvalue weighted by Gasteiger charge is -2.20. The van der Waals surface area contributed by atoms with Crippen molar-refractivity contribution in [3.8, 4) is 0 Å². The Hall–Kier alpha value is -1.88. The van der Waals surface area contributed by atoms with Crippen molar-refractivity contribution >= 4 is 11.9 Å². The molecular weight excluding hydrogens is 268 g/mol. The van der Waals surface area contributed by atoms with Gasteiger partial charge in [0.2, 0.25) is 0 Å². The molecule has 0 aliphatic rings. The first-order valence-electron chi connectivity index (χ1n) is 7.12. The molecule has 0 heterocycles. The normalized spacial score (nSPS) is 13.8. The number of carboxylic acids is 1. The molecule has 1 amide bonds. The number of hydrogen-bond donors (Lipinski definition) is 2. The number of benzene rings is 1. The van der Waals surface area contributed by atoms with Gasteiger partial charge in [0.15, 0.2) is 0 Å². The van der Waals surface area contributed by atoms with Crippen molar-refractivity contribution in [2.45, 2.75) is 32.9 Å². The lowest BCUT2D eigenvalue weighted by molar-refractivity contribution is -0.140. The minimum Gasteiger partial charge on any atom is -0.480 e. The van der Waals surface area contributed by atoms with Crippen LogP contribution in [0.15, 0.2) is 24.3 Å². The topological polar surface area (TPSA) is 69.6 Å². The number of hydrogen-bond acceptors (Lipinski definition) is 3. The first-order valence-corrected chi connectivity index (χ1v) is 7.12. The van der Waals surface area contributed by atoms with Gasteiger partial charge in [-0.25, -0.2) is 4.79 Å². The van der Waals surface area contributed by atoms with Gasteiger partial charge in [-0.15, -0.1) is 0 Å². The first kappa shape index (κ1) is 17.2. The Balaban J connectivity index is 2.85. The summed E-state index contributed by atoms with van der Waals surface area (Å²) in [6.45, 7) is 4.46. The lowest BCUT2D eigenvalue weighted by Crippen LogP contribution is -2.45. The summed E-state index contributed by atoms with van der Waals surface area (Å²) in [5, 5.41) is 11.8. The van der Waals surface area contributed by atoms with E-state index in [4.69, 9.17) is 0 Å². The van der Waals surface area contributed by atoms with Crippen LogP contribution in [0.1, 0.15) is 36.2 Å². The maximum absolute atomic E-state index is 12.2. The van der Waals surface area contributed by atoms with Gasteiger partial charge < -0.3 is 15.3 Å². The highest BCUT2D eigenvalue weighted by Gasteiger charge is 2.25. The molecule has 0 radical (unpaired) electrons. The van der Waals surface area contributed by atoms with Crippen molar-refractivity contribution in [3.05, 3.63) is 35.4 Å². The van der Waals surface area contributed by atoms with Crippen LogP contribution in [0.3, 0.4) is 0 Å². The fourth-order valence-electron chi connectivity index (χ4n) is 2.08.